The maximum atomic E-state index is 12.9. The van der Waals surface area contributed by atoms with Crippen LogP contribution in [0, 0.1) is 0 Å². The molecule has 0 saturated carbocycles. The van der Waals surface area contributed by atoms with Gasteiger partial charge in [0.15, 0.2) is 11.0 Å². The molecule has 33 heavy (non-hydrogen) atoms. The summed E-state index contributed by atoms with van der Waals surface area (Å²) in [5, 5.41) is 13.0. The molecule has 3 aromatic rings. The van der Waals surface area contributed by atoms with Crippen molar-refractivity contribution in [3.8, 4) is 11.5 Å². The minimum absolute atomic E-state index is 0.175. The zero-order valence-corrected chi connectivity index (χ0v) is 19.2. The predicted molar refractivity (Wildman–Crippen MR) is 125 cm³/mol. The zero-order valence-electron chi connectivity index (χ0n) is 18.4. The molecule has 0 aliphatic carbocycles. The smallest absolute Gasteiger partial charge is 0.321 e. The number of hydrogen-bond acceptors (Lipinski definition) is 7. The van der Waals surface area contributed by atoms with Crippen LogP contribution in [0.4, 0.5) is 4.79 Å². The molecule has 1 aromatic heterocycles. The number of carbonyl (C=O) groups excluding carboxylic acids is 2. The number of nitrogens with one attached hydrogen (secondary N) is 2. The second kappa shape index (κ2) is 11.7. The lowest BCUT2D eigenvalue weighted by Gasteiger charge is -2.16. The number of urea groups is 1. The Balaban J connectivity index is 1.82. The summed E-state index contributed by atoms with van der Waals surface area (Å²) in [6.45, 7) is 4.41. The van der Waals surface area contributed by atoms with Crippen LogP contribution in [0.15, 0.2) is 72.4 Å². The summed E-state index contributed by atoms with van der Waals surface area (Å²) in [6, 6.07) is 15.8. The molecule has 3 amide bonds. The van der Waals surface area contributed by atoms with Crippen molar-refractivity contribution in [2.75, 3.05) is 14.2 Å². The maximum Gasteiger partial charge on any atom is 0.321 e. The average molecular weight is 468 g/mol. The summed E-state index contributed by atoms with van der Waals surface area (Å²) >= 11 is 1.19. The molecule has 2 N–H and O–H groups in total. The molecule has 1 heterocycles. The zero-order chi connectivity index (χ0) is 23.6. The van der Waals surface area contributed by atoms with Gasteiger partial charge in [-0.05, 0) is 29.8 Å². The lowest BCUT2D eigenvalue weighted by molar-refractivity contribution is -0.119. The second-order valence-corrected chi connectivity index (χ2v) is 7.81. The fourth-order valence-electron chi connectivity index (χ4n) is 2.89. The van der Waals surface area contributed by atoms with Crippen molar-refractivity contribution in [3.05, 3.63) is 78.6 Å². The van der Waals surface area contributed by atoms with Crippen LogP contribution in [0.1, 0.15) is 16.6 Å². The third kappa shape index (κ3) is 6.36. The molecular formula is C23H25N5O4S. The van der Waals surface area contributed by atoms with Gasteiger partial charge in [-0.2, -0.15) is 0 Å². The summed E-state index contributed by atoms with van der Waals surface area (Å²) in [6.07, 6.45) is 1.71. The number of benzene rings is 2. The second-order valence-electron chi connectivity index (χ2n) is 6.74. The molecule has 0 saturated heterocycles. The Morgan fingerprint density at radius 3 is 2.45 bits per heavy atom. The number of methoxy groups -OCH3 is 1. The van der Waals surface area contributed by atoms with Crippen LogP contribution in [0.3, 0.4) is 0 Å². The number of thioether (sulfide) groups is 1. The first-order valence-corrected chi connectivity index (χ1v) is 11.0. The SMILES string of the molecule is C=CCn1c(COc2ccc(OC)cc2)nnc1S[C@@H](C(=O)NC(=O)NC)c1ccccc1. The van der Waals surface area contributed by atoms with Crippen molar-refractivity contribution in [2.45, 2.75) is 23.6 Å². The molecule has 0 radical (unpaired) electrons. The minimum atomic E-state index is -0.716. The number of carbonyl (C=O) groups is 2. The summed E-state index contributed by atoms with van der Waals surface area (Å²) in [7, 11) is 3.05. The van der Waals surface area contributed by atoms with Gasteiger partial charge in [-0.15, -0.1) is 16.8 Å². The van der Waals surface area contributed by atoms with E-state index in [1.807, 2.05) is 34.9 Å². The number of ether oxygens (including phenoxy) is 2. The predicted octanol–water partition coefficient (Wildman–Crippen LogP) is 3.34. The highest BCUT2D eigenvalue weighted by atomic mass is 32.2. The Morgan fingerprint density at radius 2 is 1.82 bits per heavy atom. The molecule has 3 rings (SSSR count). The maximum absolute atomic E-state index is 12.9. The molecular weight excluding hydrogens is 442 g/mol. The first kappa shape index (κ1) is 23.9. The number of aromatic nitrogens is 3. The molecule has 0 aliphatic rings. The lowest BCUT2D eigenvalue weighted by atomic mass is 10.1. The van der Waals surface area contributed by atoms with Crippen LogP contribution in [0.5, 0.6) is 11.5 Å². The van der Waals surface area contributed by atoms with E-state index in [0.717, 1.165) is 11.3 Å². The van der Waals surface area contributed by atoms with Crippen molar-refractivity contribution in [1.82, 2.24) is 25.4 Å². The minimum Gasteiger partial charge on any atom is -0.497 e. The van der Waals surface area contributed by atoms with E-state index in [4.69, 9.17) is 9.47 Å². The number of allylic oxidation sites excluding steroid dienone is 1. The quantitative estimate of drug-likeness (QED) is 0.348. The normalized spacial score (nSPS) is 11.3. The van der Waals surface area contributed by atoms with Gasteiger partial charge in [-0.1, -0.05) is 48.2 Å². The van der Waals surface area contributed by atoms with Crippen molar-refractivity contribution in [2.24, 2.45) is 0 Å². The van der Waals surface area contributed by atoms with Crippen molar-refractivity contribution in [1.29, 1.82) is 0 Å². The third-order valence-corrected chi connectivity index (χ3v) is 5.79. The number of amides is 3. The third-order valence-electron chi connectivity index (χ3n) is 4.56. The molecule has 0 unspecified atom stereocenters. The molecule has 0 aliphatic heterocycles. The van der Waals surface area contributed by atoms with E-state index in [1.54, 1.807) is 37.5 Å². The van der Waals surface area contributed by atoms with Gasteiger partial charge in [0.25, 0.3) is 0 Å². The fraction of sp³-hybridized carbons (Fsp3) is 0.217. The van der Waals surface area contributed by atoms with Crippen LogP contribution in [-0.4, -0.2) is 40.9 Å². The largest absolute Gasteiger partial charge is 0.497 e. The highest BCUT2D eigenvalue weighted by Crippen LogP contribution is 2.35. The molecule has 0 bridgehead atoms. The molecule has 0 fully saturated rings. The van der Waals surface area contributed by atoms with E-state index < -0.39 is 17.2 Å². The standard InChI is InChI=1S/C23H25N5O4S/c1-4-14-28-19(15-32-18-12-10-17(31-3)11-13-18)26-27-23(28)33-20(16-8-6-5-7-9-16)21(29)25-22(30)24-2/h4-13,20H,1,14-15H2,2-3H3,(H2,24,25,29,30)/t20-/m1/s1. The van der Waals surface area contributed by atoms with Gasteiger partial charge in [0, 0.05) is 13.6 Å². The Bertz CT molecular complexity index is 1090. The summed E-state index contributed by atoms with van der Waals surface area (Å²) in [4.78, 5) is 24.6. The van der Waals surface area contributed by atoms with Gasteiger partial charge in [-0.25, -0.2) is 4.79 Å². The van der Waals surface area contributed by atoms with E-state index in [-0.39, 0.29) is 6.61 Å². The molecule has 9 nitrogen and oxygen atoms in total. The Labute approximate surface area is 196 Å². The van der Waals surface area contributed by atoms with Gasteiger partial charge in [0.2, 0.25) is 5.91 Å². The summed E-state index contributed by atoms with van der Waals surface area (Å²) in [5.41, 5.74) is 0.730. The van der Waals surface area contributed by atoms with E-state index >= 15 is 0 Å². The van der Waals surface area contributed by atoms with E-state index in [1.165, 1.54) is 18.8 Å². The van der Waals surface area contributed by atoms with Crippen LogP contribution in [0.2, 0.25) is 0 Å². The van der Waals surface area contributed by atoms with Crippen LogP contribution in [0.25, 0.3) is 0 Å². The highest BCUT2D eigenvalue weighted by molar-refractivity contribution is 8.00. The number of rotatable bonds is 10. The molecule has 1 atom stereocenters. The first-order valence-electron chi connectivity index (χ1n) is 10.1. The Hall–Kier alpha value is -3.79. The van der Waals surface area contributed by atoms with Gasteiger partial charge < -0.3 is 14.8 Å². The lowest BCUT2D eigenvalue weighted by Crippen LogP contribution is -2.39. The van der Waals surface area contributed by atoms with Gasteiger partial charge in [0.1, 0.15) is 23.4 Å². The van der Waals surface area contributed by atoms with E-state index in [2.05, 4.69) is 27.4 Å². The van der Waals surface area contributed by atoms with E-state index in [0.29, 0.717) is 23.3 Å². The molecule has 10 heteroatoms. The van der Waals surface area contributed by atoms with E-state index in [9.17, 15) is 9.59 Å². The molecule has 172 valence electrons. The highest BCUT2D eigenvalue weighted by Gasteiger charge is 2.26. The topological polar surface area (TPSA) is 107 Å². The number of hydrogen-bond donors (Lipinski definition) is 2. The first-order chi connectivity index (χ1) is 16.0. The van der Waals surface area contributed by atoms with Crippen LogP contribution >= 0.6 is 11.8 Å². The summed E-state index contributed by atoms with van der Waals surface area (Å²) < 4.78 is 12.8. The average Bonchev–Trinajstić information content (AvgIpc) is 3.23. The molecule has 2 aromatic carbocycles. The van der Waals surface area contributed by atoms with Crippen molar-refractivity contribution in [3.63, 3.8) is 0 Å². The Kier molecular flexibility index (Phi) is 8.48. The van der Waals surface area contributed by atoms with Gasteiger partial charge >= 0.3 is 6.03 Å². The monoisotopic (exact) mass is 467 g/mol. The van der Waals surface area contributed by atoms with Crippen molar-refractivity contribution < 1.29 is 19.1 Å². The fourth-order valence-corrected chi connectivity index (χ4v) is 3.96. The number of imide groups is 1. The number of nitrogens with zero attached hydrogens (tertiary/aromatic N) is 3. The summed E-state index contributed by atoms with van der Waals surface area (Å²) in [5.74, 6) is 1.50. The van der Waals surface area contributed by atoms with Gasteiger partial charge in [0.05, 0.1) is 7.11 Å². The van der Waals surface area contributed by atoms with Crippen LogP contribution < -0.4 is 20.1 Å². The molecule has 0 spiro atoms. The van der Waals surface area contributed by atoms with Crippen LogP contribution in [-0.2, 0) is 17.9 Å². The van der Waals surface area contributed by atoms with Crippen molar-refractivity contribution >= 4 is 23.7 Å². The Morgan fingerprint density at radius 1 is 1.12 bits per heavy atom. The van der Waals surface area contributed by atoms with Gasteiger partial charge in [-0.3, -0.25) is 14.7 Å².